The molecule has 0 rings (SSSR count). The molecule has 2 nitrogen and oxygen atoms in total. The zero-order chi connectivity index (χ0) is 16.2. The Balaban J connectivity index is 3.66. The highest BCUT2D eigenvalue weighted by Crippen LogP contribution is 2.36. The highest BCUT2D eigenvalue weighted by molar-refractivity contribution is 6.74. The lowest BCUT2D eigenvalue weighted by atomic mass is 10.2. The van der Waals surface area contributed by atoms with Crippen LogP contribution < -0.4 is 0 Å². The minimum Gasteiger partial charge on any atom is -0.417 e. The van der Waals surface area contributed by atoms with Gasteiger partial charge in [-0.3, -0.25) is 0 Å². The molecule has 1 N–H and O–H groups in total. The summed E-state index contributed by atoms with van der Waals surface area (Å²) in [7, 11) is -1.58. The average Bonchev–Trinajstić information content (AvgIpc) is 2.38. The molecule has 0 fully saturated rings. The van der Waals surface area contributed by atoms with E-state index in [-0.39, 0.29) is 6.61 Å². The maximum Gasteiger partial charge on any atom is 0.191 e. The second kappa shape index (κ2) is 10.9. The maximum absolute atomic E-state index is 8.62. The molecule has 0 aliphatic carbocycles. The van der Waals surface area contributed by atoms with Gasteiger partial charge in [0.25, 0.3) is 0 Å². The molecule has 3 heteroatoms. The predicted molar refractivity (Wildman–Crippen MR) is 93.5 cm³/mol. The summed E-state index contributed by atoms with van der Waals surface area (Å²) in [4.78, 5) is 0. The lowest BCUT2D eigenvalue weighted by Gasteiger charge is -2.36. The Kier molecular flexibility index (Phi) is 10.5. The number of hydrogen-bond acceptors (Lipinski definition) is 2. The third kappa shape index (κ3) is 10.6. The first kappa shape index (κ1) is 20.3. The lowest BCUT2D eigenvalue weighted by Crippen LogP contribution is -2.40. The van der Waals surface area contributed by atoms with E-state index in [1.54, 1.807) is 0 Å². The van der Waals surface area contributed by atoms with Crippen molar-refractivity contribution in [3.8, 4) is 23.7 Å². The number of unbranched alkanes of at least 4 members (excludes halogenated alkanes) is 4. The summed E-state index contributed by atoms with van der Waals surface area (Å²) in [5.74, 6) is 11.8. The van der Waals surface area contributed by atoms with E-state index in [0.717, 1.165) is 45.1 Å². The zero-order valence-electron chi connectivity index (χ0n) is 14.5. The largest absolute Gasteiger partial charge is 0.417 e. The number of hydrogen-bond donors (Lipinski definition) is 1. The van der Waals surface area contributed by atoms with Crippen LogP contribution >= 0.6 is 0 Å². The van der Waals surface area contributed by atoms with Crippen molar-refractivity contribution in [2.75, 3.05) is 13.2 Å². The molecule has 0 amide bonds. The summed E-state index contributed by atoms with van der Waals surface area (Å²) < 4.78 is 6.12. The second-order valence-corrected chi connectivity index (χ2v) is 11.7. The number of aliphatic hydroxyl groups excluding tert-OH is 1. The standard InChI is InChI=1S/C18H32O2Si/c1-18(2,3)21(4,5)20-17-15-13-11-9-7-6-8-10-12-14-16-19/h19H,10-17H2,1-5H3. The van der Waals surface area contributed by atoms with E-state index in [9.17, 15) is 0 Å². The van der Waals surface area contributed by atoms with Gasteiger partial charge in [0.15, 0.2) is 8.32 Å². The van der Waals surface area contributed by atoms with Gasteiger partial charge in [-0.1, -0.05) is 32.6 Å². The van der Waals surface area contributed by atoms with Crippen LogP contribution in [0.1, 0.15) is 59.3 Å². The van der Waals surface area contributed by atoms with Crippen LogP contribution in [-0.4, -0.2) is 26.6 Å². The molecule has 0 aromatic carbocycles. The maximum atomic E-state index is 8.62. The number of aliphatic hydroxyl groups is 1. The third-order valence-electron chi connectivity index (χ3n) is 3.91. The fourth-order valence-electron chi connectivity index (χ4n) is 1.40. The highest BCUT2D eigenvalue weighted by atomic mass is 28.4. The van der Waals surface area contributed by atoms with E-state index in [1.807, 2.05) is 0 Å². The topological polar surface area (TPSA) is 29.5 Å². The van der Waals surface area contributed by atoms with E-state index < -0.39 is 8.32 Å². The van der Waals surface area contributed by atoms with E-state index in [0.29, 0.717) is 5.04 Å². The molecular formula is C18H32O2Si. The van der Waals surface area contributed by atoms with Crippen LogP contribution in [0.3, 0.4) is 0 Å². The van der Waals surface area contributed by atoms with Gasteiger partial charge in [-0.25, -0.2) is 0 Å². The van der Waals surface area contributed by atoms with Crippen molar-refractivity contribution in [1.82, 2.24) is 0 Å². The average molecular weight is 309 g/mol. The van der Waals surface area contributed by atoms with Gasteiger partial charge in [0.05, 0.1) is 0 Å². The molecule has 0 spiro atoms. The zero-order valence-corrected chi connectivity index (χ0v) is 15.5. The van der Waals surface area contributed by atoms with Crippen molar-refractivity contribution in [2.24, 2.45) is 0 Å². The Bertz CT molecular complexity index is 385. The Morgan fingerprint density at radius 2 is 1.43 bits per heavy atom. The smallest absolute Gasteiger partial charge is 0.191 e. The van der Waals surface area contributed by atoms with Crippen LogP contribution in [0.4, 0.5) is 0 Å². The van der Waals surface area contributed by atoms with Crippen molar-refractivity contribution in [2.45, 2.75) is 77.4 Å². The molecule has 0 bridgehead atoms. The summed E-state index contributed by atoms with van der Waals surface area (Å²) in [6.45, 7) is 12.5. The minimum absolute atomic E-state index is 0.254. The molecular weight excluding hydrogens is 276 g/mol. The number of rotatable bonds is 8. The molecule has 0 atom stereocenters. The molecule has 0 heterocycles. The van der Waals surface area contributed by atoms with Gasteiger partial charge in [-0.2, -0.15) is 0 Å². The van der Waals surface area contributed by atoms with Gasteiger partial charge in [-0.05, 0) is 55.7 Å². The third-order valence-corrected chi connectivity index (χ3v) is 8.45. The van der Waals surface area contributed by atoms with Gasteiger partial charge in [-0.15, -0.1) is 0 Å². The van der Waals surface area contributed by atoms with Gasteiger partial charge >= 0.3 is 0 Å². The fraction of sp³-hybridized carbons (Fsp3) is 0.778. The Hall–Kier alpha value is -0.743. The molecule has 0 saturated heterocycles. The van der Waals surface area contributed by atoms with Crippen molar-refractivity contribution >= 4 is 8.32 Å². The first-order chi connectivity index (χ1) is 9.81. The molecule has 0 saturated carbocycles. The van der Waals surface area contributed by atoms with E-state index >= 15 is 0 Å². The van der Waals surface area contributed by atoms with Crippen LogP contribution in [0.5, 0.6) is 0 Å². The molecule has 0 aliphatic heterocycles. The first-order valence-corrected chi connectivity index (χ1v) is 10.9. The van der Waals surface area contributed by atoms with Crippen molar-refractivity contribution in [3.63, 3.8) is 0 Å². The highest BCUT2D eigenvalue weighted by Gasteiger charge is 2.36. The van der Waals surface area contributed by atoms with Crippen LogP contribution in [-0.2, 0) is 4.43 Å². The molecule has 0 aliphatic rings. The monoisotopic (exact) mass is 308 g/mol. The quantitative estimate of drug-likeness (QED) is 0.410. The van der Waals surface area contributed by atoms with Gasteiger partial charge < -0.3 is 9.53 Å². The molecule has 0 aromatic rings. The van der Waals surface area contributed by atoms with E-state index in [4.69, 9.17) is 9.53 Å². The molecule has 0 aromatic heterocycles. The van der Waals surface area contributed by atoms with Crippen LogP contribution in [0.2, 0.25) is 18.1 Å². The normalized spacial score (nSPS) is 11.3. The Labute approximate surface area is 132 Å². The summed E-state index contributed by atoms with van der Waals surface area (Å²) in [5.41, 5.74) is 0. The Morgan fingerprint density at radius 1 is 0.905 bits per heavy atom. The summed E-state index contributed by atoms with van der Waals surface area (Å²) >= 11 is 0. The first-order valence-electron chi connectivity index (χ1n) is 8.02. The summed E-state index contributed by atoms with van der Waals surface area (Å²) in [5, 5.41) is 8.91. The SMILES string of the molecule is CC(C)(C)[Si](C)(C)OCCCCC#CC#CCCCCO. The molecule has 0 radical (unpaired) electrons. The van der Waals surface area contributed by atoms with Crippen LogP contribution in [0, 0.1) is 23.7 Å². The van der Waals surface area contributed by atoms with Crippen molar-refractivity contribution in [1.29, 1.82) is 0 Å². The van der Waals surface area contributed by atoms with Gasteiger partial charge in [0.2, 0.25) is 0 Å². The summed E-state index contributed by atoms with van der Waals surface area (Å²) in [6, 6.07) is 0. The minimum atomic E-state index is -1.58. The second-order valence-electron chi connectivity index (χ2n) is 6.85. The van der Waals surface area contributed by atoms with Gasteiger partial charge in [0.1, 0.15) is 0 Å². The molecule has 0 unspecified atom stereocenters. The fourth-order valence-corrected chi connectivity index (χ4v) is 2.49. The predicted octanol–water partition coefficient (Wildman–Crippen LogP) is 4.35. The summed E-state index contributed by atoms with van der Waals surface area (Å²) in [6.07, 6.45) is 5.66. The van der Waals surface area contributed by atoms with Crippen molar-refractivity contribution in [3.05, 3.63) is 0 Å². The molecule has 21 heavy (non-hydrogen) atoms. The lowest BCUT2D eigenvalue weighted by molar-refractivity contribution is 0.280. The molecule has 120 valence electrons. The van der Waals surface area contributed by atoms with Gasteiger partial charge in [0, 0.05) is 26.1 Å². The van der Waals surface area contributed by atoms with E-state index in [2.05, 4.69) is 57.5 Å². The van der Waals surface area contributed by atoms with Crippen LogP contribution in [0.15, 0.2) is 0 Å². The van der Waals surface area contributed by atoms with Crippen LogP contribution in [0.25, 0.3) is 0 Å². The van der Waals surface area contributed by atoms with E-state index in [1.165, 1.54) is 0 Å². The Morgan fingerprint density at radius 3 is 1.90 bits per heavy atom. The van der Waals surface area contributed by atoms with Crippen molar-refractivity contribution < 1.29 is 9.53 Å².